The summed E-state index contributed by atoms with van der Waals surface area (Å²) in [5.41, 5.74) is 0.723. The van der Waals surface area contributed by atoms with Crippen molar-refractivity contribution in [2.75, 3.05) is 11.9 Å². The van der Waals surface area contributed by atoms with E-state index >= 15 is 0 Å². The Morgan fingerprint density at radius 2 is 2.19 bits per heavy atom. The van der Waals surface area contributed by atoms with Crippen LogP contribution < -0.4 is 10.6 Å². The Bertz CT molecular complexity index is 676. The zero-order valence-electron chi connectivity index (χ0n) is 10.7. The number of nitrogens with one attached hydrogen (secondary N) is 2. The van der Waals surface area contributed by atoms with Crippen molar-refractivity contribution in [2.45, 2.75) is 12.5 Å². The standard InChI is InChI=1S/C12H12ClN3O4S/c13-6-1-2-7-9(5-6)21-12(15-7)16-11(20)14-4-3-8(17)10(18)19/h1-2,5,8,17H,3-4H2,(H,18,19)(H2,14,15,16,20)/t8-/m0/s1. The molecule has 1 aromatic heterocycles. The lowest BCUT2D eigenvalue weighted by molar-refractivity contribution is -0.146. The Morgan fingerprint density at radius 3 is 2.90 bits per heavy atom. The van der Waals surface area contributed by atoms with Crippen LogP contribution in [0.2, 0.25) is 5.02 Å². The number of amides is 2. The number of anilines is 1. The fourth-order valence-corrected chi connectivity index (χ4v) is 2.68. The zero-order valence-corrected chi connectivity index (χ0v) is 12.2. The van der Waals surface area contributed by atoms with Crippen LogP contribution in [0.15, 0.2) is 18.2 Å². The number of carbonyl (C=O) groups is 2. The average Bonchev–Trinajstić information content (AvgIpc) is 2.79. The van der Waals surface area contributed by atoms with E-state index < -0.39 is 18.1 Å². The van der Waals surface area contributed by atoms with Gasteiger partial charge in [-0.15, -0.1) is 0 Å². The van der Waals surface area contributed by atoms with Gasteiger partial charge in [0, 0.05) is 18.0 Å². The number of fused-ring (bicyclic) bond motifs is 1. The number of thiazole rings is 1. The zero-order chi connectivity index (χ0) is 15.4. The SMILES string of the molecule is O=C(NCC[C@H](O)C(=O)O)Nc1nc2ccc(Cl)cc2s1. The second-order valence-corrected chi connectivity index (χ2v) is 5.62. The molecule has 2 rings (SSSR count). The maximum atomic E-state index is 11.6. The molecular formula is C12H12ClN3O4S. The van der Waals surface area contributed by atoms with Gasteiger partial charge in [-0.05, 0) is 18.2 Å². The lowest BCUT2D eigenvalue weighted by Crippen LogP contribution is -2.33. The molecule has 1 heterocycles. The molecule has 21 heavy (non-hydrogen) atoms. The summed E-state index contributed by atoms with van der Waals surface area (Å²) >= 11 is 7.14. The van der Waals surface area contributed by atoms with E-state index in [1.165, 1.54) is 11.3 Å². The van der Waals surface area contributed by atoms with Crippen molar-refractivity contribution in [1.82, 2.24) is 10.3 Å². The lowest BCUT2D eigenvalue weighted by atomic mass is 10.2. The van der Waals surface area contributed by atoms with Crippen LogP contribution in [0.5, 0.6) is 0 Å². The maximum absolute atomic E-state index is 11.6. The fraction of sp³-hybridized carbons (Fsp3) is 0.250. The first-order valence-electron chi connectivity index (χ1n) is 5.97. The van der Waals surface area contributed by atoms with Crippen LogP contribution in [-0.2, 0) is 4.79 Å². The molecule has 9 heteroatoms. The molecule has 0 saturated carbocycles. The Kier molecular flexibility index (Phi) is 4.94. The predicted octanol–water partition coefficient (Wildman–Crippen LogP) is 1.91. The Hall–Kier alpha value is -1.90. The molecule has 112 valence electrons. The van der Waals surface area contributed by atoms with E-state index in [9.17, 15) is 9.59 Å². The number of aromatic nitrogens is 1. The topological polar surface area (TPSA) is 112 Å². The summed E-state index contributed by atoms with van der Waals surface area (Å²) in [7, 11) is 0. The van der Waals surface area contributed by atoms with Crippen molar-refractivity contribution < 1.29 is 19.8 Å². The summed E-state index contributed by atoms with van der Waals surface area (Å²) in [6, 6.07) is 4.69. The first-order valence-corrected chi connectivity index (χ1v) is 7.17. The van der Waals surface area contributed by atoms with Crippen LogP contribution in [0.3, 0.4) is 0 Å². The highest BCUT2D eigenvalue weighted by Gasteiger charge is 2.13. The molecule has 1 atom stereocenters. The average molecular weight is 330 g/mol. The Morgan fingerprint density at radius 1 is 1.43 bits per heavy atom. The fourth-order valence-electron chi connectivity index (χ4n) is 1.54. The summed E-state index contributed by atoms with van der Waals surface area (Å²) in [6.45, 7) is 0.0377. The number of urea groups is 1. The number of rotatable bonds is 5. The molecule has 1 aromatic carbocycles. The van der Waals surface area contributed by atoms with E-state index in [1.54, 1.807) is 18.2 Å². The minimum Gasteiger partial charge on any atom is -0.479 e. The van der Waals surface area contributed by atoms with Gasteiger partial charge in [0.25, 0.3) is 0 Å². The normalized spacial score (nSPS) is 12.1. The van der Waals surface area contributed by atoms with E-state index in [0.29, 0.717) is 10.2 Å². The number of benzene rings is 1. The molecule has 0 aliphatic carbocycles. The van der Waals surface area contributed by atoms with Gasteiger partial charge in [0.1, 0.15) is 0 Å². The van der Waals surface area contributed by atoms with Crippen LogP contribution in [0.4, 0.5) is 9.93 Å². The number of hydrogen-bond donors (Lipinski definition) is 4. The van der Waals surface area contributed by atoms with E-state index in [0.717, 1.165) is 10.2 Å². The predicted molar refractivity (Wildman–Crippen MR) is 79.9 cm³/mol. The van der Waals surface area contributed by atoms with Gasteiger partial charge >= 0.3 is 12.0 Å². The number of halogens is 1. The van der Waals surface area contributed by atoms with Crippen LogP contribution in [0.1, 0.15) is 6.42 Å². The Balaban J connectivity index is 1.88. The van der Waals surface area contributed by atoms with Gasteiger partial charge in [0.2, 0.25) is 0 Å². The summed E-state index contributed by atoms with van der Waals surface area (Å²) in [5.74, 6) is -1.32. The Labute approximate surface area is 128 Å². The van der Waals surface area contributed by atoms with E-state index in [4.69, 9.17) is 21.8 Å². The van der Waals surface area contributed by atoms with Gasteiger partial charge in [-0.3, -0.25) is 5.32 Å². The van der Waals surface area contributed by atoms with Gasteiger partial charge in [-0.1, -0.05) is 22.9 Å². The number of aliphatic carboxylic acids is 1. The van der Waals surface area contributed by atoms with Crippen LogP contribution in [0, 0.1) is 0 Å². The highest BCUT2D eigenvalue weighted by atomic mass is 35.5. The van der Waals surface area contributed by atoms with Gasteiger partial charge in [-0.25, -0.2) is 14.6 Å². The van der Waals surface area contributed by atoms with Crippen molar-refractivity contribution in [3.63, 3.8) is 0 Å². The number of carboxylic acid groups (broad SMARTS) is 1. The molecule has 0 aliphatic rings. The highest BCUT2D eigenvalue weighted by Crippen LogP contribution is 2.28. The first kappa shape index (κ1) is 15.5. The lowest BCUT2D eigenvalue weighted by Gasteiger charge is -2.07. The third kappa shape index (κ3) is 4.28. The van der Waals surface area contributed by atoms with Crippen LogP contribution >= 0.6 is 22.9 Å². The molecule has 2 amide bonds. The molecule has 0 fully saturated rings. The van der Waals surface area contributed by atoms with Gasteiger partial charge < -0.3 is 15.5 Å². The van der Waals surface area contributed by atoms with Crippen molar-refractivity contribution in [3.05, 3.63) is 23.2 Å². The minimum atomic E-state index is -1.49. The molecule has 0 aliphatic heterocycles. The number of aliphatic hydroxyl groups excluding tert-OH is 1. The highest BCUT2D eigenvalue weighted by molar-refractivity contribution is 7.22. The number of carbonyl (C=O) groups excluding carboxylic acids is 1. The molecule has 0 bridgehead atoms. The second kappa shape index (κ2) is 6.70. The smallest absolute Gasteiger partial charge is 0.332 e. The monoisotopic (exact) mass is 329 g/mol. The van der Waals surface area contributed by atoms with Crippen molar-refractivity contribution in [3.8, 4) is 0 Å². The molecule has 0 unspecified atom stereocenters. The second-order valence-electron chi connectivity index (χ2n) is 4.15. The van der Waals surface area contributed by atoms with Gasteiger partial charge in [-0.2, -0.15) is 0 Å². The first-order chi connectivity index (χ1) is 9.95. The number of carboxylic acids is 1. The van der Waals surface area contributed by atoms with Gasteiger partial charge in [0.05, 0.1) is 10.2 Å². The van der Waals surface area contributed by atoms with Crippen molar-refractivity contribution in [2.24, 2.45) is 0 Å². The summed E-state index contributed by atoms with van der Waals surface area (Å²) in [5, 5.41) is 23.5. The minimum absolute atomic E-state index is 0.0377. The molecule has 0 radical (unpaired) electrons. The summed E-state index contributed by atoms with van der Waals surface area (Å²) in [6.07, 6.45) is -1.56. The summed E-state index contributed by atoms with van der Waals surface area (Å²) in [4.78, 5) is 26.2. The van der Waals surface area contributed by atoms with Crippen molar-refractivity contribution in [1.29, 1.82) is 0 Å². The maximum Gasteiger partial charge on any atom is 0.332 e. The third-order valence-electron chi connectivity index (χ3n) is 2.56. The van der Waals surface area contributed by atoms with Crippen molar-refractivity contribution >= 4 is 50.3 Å². The van der Waals surface area contributed by atoms with Gasteiger partial charge in [0.15, 0.2) is 11.2 Å². The van der Waals surface area contributed by atoms with Crippen LogP contribution in [-0.4, -0.2) is 39.8 Å². The molecular weight excluding hydrogens is 318 g/mol. The largest absolute Gasteiger partial charge is 0.479 e. The summed E-state index contributed by atoms with van der Waals surface area (Å²) < 4.78 is 0.846. The molecule has 2 aromatic rings. The quantitative estimate of drug-likeness (QED) is 0.669. The third-order valence-corrected chi connectivity index (χ3v) is 3.73. The number of aliphatic hydroxyl groups is 1. The van der Waals surface area contributed by atoms with E-state index in [1.807, 2.05) is 0 Å². The van der Waals surface area contributed by atoms with E-state index in [2.05, 4.69) is 15.6 Å². The number of hydrogen-bond acceptors (Lipinski definition) is 5. The van der Waals surface area contributed by atoms with E-state index in [-0.39, 0.29) is 13.0 Å². The molecule has 7 nitrogen and oxygen atoms in total. The molecule has 0 spiro atoms. The molecule has 4 N–H and O–H groups in total. The number of nitrogens with zero attached hydrogens (tertiary/aromatic N) is 1. The molecule has 0 saturated heterocycles. The van der Waals surface area contributed by atoms with Crippen LogP contribution in [0.25, 0.3) is 10.2 Å².